The smallest absolute Gasteiger partial charge is 0.244 e. The van der Waals surface area contributed by atoms with E-state index in [-0.39, 0.29) is 24.2 Å². The standard InChI is InChI=1S/C23H29ClFN3O4S/c1-5-16(2)26-23(30)17(3)27(14-18-7-6-8-19(24)13-18)22(29)15-28(33(4,31)32)21-11-9-20(25)10-12-21/h6-13,16-17H,5,14-15H2,1-4H3,(H,26,30)/t16-,17+/m1/s1. The minimum atomic E-state index is -3.87. The second kappa shape index (κ2) is 11.5. The fourth-order valence-corrected chi connectivity index (χ4v) is 4.16. The summed E-state index contributed by atoms with van der Waals surface area (Å²) in [4.78, 5) is 27.5. The number of hydrogen-bond acceptors (Lipinski definition) is 4. The third kappa shape index (κ3) is 7.71. The summed E-state index contributed by atoms with van der Waals surface area (Å²) in [5.74, 6) is -1.47. The van der Waals surface area contributed by atoms with Gasteiger partial charge in [-0.1, -0.05) is 30.7 Å². The summed E-state index contributed by atoms with van der Waals surface area (Å²) in [6.07, 6.45) is 1.68. The number of hydrogen-bond donors (Lipinski definition) is 1. The van der Waals surface area contributed by atoms with E-state index in [0.29, 0.717) is 17.0 Å². The average Bonchev–Trinajstić information content (AvgIpc) is 2.75. The molecule has 2 atom stereocenters. The van der Waals surface area contributed by atoms with Crippen molar-refractivity contribution in [2.24, 2.45) is 0 Å². The first kappa shape index (κ1) is 26.6. The van der Waals surface area contributed by atoms with Crippen LogP contribution in [0.3, 0.4) is 0 Å². The Kier molecular flexibility index (Phi) is 9.25. The van der Waals surface area contributed by atoms with E-state index < -0.39 is 34.3 Å². The van der Waals surface area contributed by atoms with Gasteiger partial charge in [0.25, 0.3) is 0 Å². The maximum Gasteiger partial charge on any atom is 0.244 e. The number of sulfonamides is 1. The quantitative estimate of drug-likeness (QED) is 0.543. The molecule has 180 valence electrons. The summed E-state index contributed by atoms with van der Waals surface area (Å²) in [5, 5.41) is 3.32. The zero-order valence-electron chi connectivity index (χ0n) is 19.1. The molecule has 33 heavy (non-hydrogen) atoms. The molecular weight excluding hydrogens is 469 g/mol. The number of amides is 2. The zero-order valence-corrected chi connectivity index (χ0v) is 20.7. The Morgan fingerprint density at radius 3 is 2.30 bits per heavy atom. The van der Waals surface area contributed by atoms with Crippen molar-refractivity contribution in [3.8, 4) is 0 Å². The number of nitrogens with one attached hydrogen (secondary N) is 1. The highest BCUT2D eigenvalue weighted by molar-refractivity contribution is 7.92. The molecule has 0 unspecified atom stereocenters. The highest BCUT2D eigenvalue weighted by Gasteiger charge is 2.30. The summed E-state index contributed by atoms with van der Waals surface area (Å²) in [6.45, 7) is 4.87. The van der Waals surface area contributed by atoms with Gasteiger partial charge in [0.05, 0.1) is 11.9 Å². The topological polar surface area (TPSA) is 86.8 Å². The third-order valence-corrected chi connectivity index (χ3v) is 6.58. The van der Waals surface area contributed by atoms with Crippen molar-refractivity contribution in [2.45, 2.75) is 45.8 Å². The van der Waals surface area contributed by atoms with Gasteiger partial charge < -0.3 is 10.2 Å². The van der Waals surface area contributed by atoms with Crippen LogP contribution in [0.5, 0.6) is 0 Å². The number of rotatable bonds is 10. The lowest BCUT2D eigenvalue weighted by atomic mass is 10.1. The highest BCUT2D eigenvalue weighted by atomic mass is 35.5. The van der Waals surface area contributed by atoms with Gasteiger partial charge >= 0.3 is 0 Å². The number of nitrogens with zero attached hydrogens (tertiary/aromatic N) is 2. The molecule has 2 aromatic rings. The molecule has 0 aliphatic carbocycles. The van der Waals surface area contributed by atoms with E-state index in [2.05, 4.69) is 5.32 Å². The van der Waals surface area contributed by atoms with E-state index in [1.165, 1.54) is 17.0 Å². The Hall–Kier alpha value is -2.65. The molecule has 0 aliphatic heterocycles. The lowest BCUT2D eigenvalue weighted by Crippen LogP contribution is -2.52. The van der Waals surface area contributed by atoms with E-state index in [9.17, 15) is 22.4 Å². The summed E-state index contributed by atoms with van der Waals surface area (Å²) in [6, 6.07) is 10.7. The molecule has 2 rings (SSSR count). The van der Waals surface area contributed by atoms with Gasteiger partial charge in [-0.2, -0.15) is 0 Å². The van der Waals surface area contributed by atoms with Gasteiger partial charge in [-0.25, -0.2) is 12.8 Å². The molecule has 2 amide bonds. The van der Waals surface area contributed by atoms with E-state index >= 15 is 0 Å². The molecule has 0 fully saturated rings. The van der Waals surface area contributed by atoms with Crippen molar-refractivity contribution in [2.75, 3.05) is 17.1 Å². The fraction of sp³-hybridized carbons (Fsp3) is 0.391. The van der Waals surface area contributed by atoms with Gasteiger partial charge in [0, 0.05) is 17.6 Å². The van der Waals surface area contributed by atoms with Crippen LogP contribution in [0.15, 0.2) is 48.5 Å². The van der Waals surface area contributed by atoms with Gasteiger partial charge in [-0.05, 0) is 62.2 Å². The molecule has 0 heterocycles. The number of halogens is 2. The van der Waals surface area contributed by atoms with Gasteiger partial charge in [0.2, 0.25) is 21.8 Å². The largest absolute Gasteiger partial charge is 0.352 e. The maximum atomic E-state index is 13.4. The lowest BCUT2D eigenvalue weighted by Gasteiger charge is -2.32. The molecular formula is C23H29ClFN3O4S. The lowest BCUT2D eigenvalue weighted by molar-refractivity contribution is -0.139. The Labute approximate surface area is 199 Å². The van der Waals surface area contributed by atoms with Crippen molar-refractivity contribution < 1.29 is 22.4 Å². The zero-order chi connectivity index (χ0) is 24.8. The van der Waals surface area contributed by atoms with Crippen molar-refractivity contribution in [1.29, 1.82) is 0 Å². The van der Waals surface area contributed by atoms with Crippen LogP contribution in [0.25, 0.3) is 0 Å². The summed E-state index contributed by atoms with van der Waals surface area (Å²) in [5.41, 5.74) is 0.832. The number of anilines is 1. The summed E-state index contributed by atoms with van der Waals surface area (Å²) < 4.78 is 39.1. The predicted octanol–water partition coefficient (Wildman–Crippen LogP) is 3.58. The molecule has 0 aromatic heterocycles. The molecule has 7 nitrogen and oxygen atoms in total. The Balaban J connectivity index is 2.37. The van der Waals surface area contributed by atoms with E-state index in [1.54, 1.807) is 31.2 Å². The van der Waals surface area contributed by atoms with Crippen LogP contribution in [0.1, 0.15) is 32.8 Å². The Morgan fingerprint density at radius 2 is 1.76 bits per heavy atom. The highest BCUT2D eigenvalue weighted by Crippen LogP contribution is 2.20. The molecule has 2 aromatic carbocycles. The first-order valence-corrected chi connectivity index (χ1v) is 12.7. The van der Waals surface area contributed by atoms with Crippen molar-refractivity contribution in [3.63, 3.8) is 0 Å². The number of benzene rings is 2. The SMILES string of the molecule is CC[C@@H](C)NC(=O)[C@H](C)N(Cc1cccc(Cl)c1)C(=O)CN(c1ccc(F)cc1)S(C)(=O)=O. The second-order valence-corrected chi connectivity index (χ2v) is 10.2. The van der Waals surface area contributed by atoms with Crippen LogP contribution in [-0.4, -0.2) is 50.0 Å². The Morgan fingerprint density at radius 1 is 1.12 bits per heavy atom. The molecule has 0 saturated carbocycles. The van der Waals surface area contributed by atoms with E-state index in [0.717, 1.165) is 22.7 Å². The fourth-order valence-electron chi connectivity index (χ4n) is 3.10. The van der Waals surface area contributed by atoms with Gasteiger partial charge in [0.15, 0.2) is 0 Å². The molecule has 0 bridgehead atoms. The molecule has 0 spiro atoms. The molecule has 0 aliphatic rings. The molecule has 0 saturated heterocycles. The Bertz CT molecular complexity index is 1080. The summed E-state index contributed by atoms with van der Waals surface area (Å²) in [7, 11) is -3.87. The average molecular weight is 498 g/mol. The minimum absolute atomic E-state index is 0.0511. The van der Waals surface area contributed by atoms with Crippen LogP contribution in [0.2, 0.25) is 5.02 Å². The van der Waals surface area contributed by atoms with Crippen molar-refractivity contribution in [3.05, 3.63) is 64.9 Å². The first-order chi connectivity index (χ1) is 15.4. The van der Waals surface area contributed by atoms with Gasteiger partial charge in [-0.3, -0.25) is 13.9 Å². The van der Waals surface area contributed by atoms with E-state index in [1.807, 2.05) is 13.8 Å². The van der Waals surface area contributed by atoms with Crippen molar-refractivity contribution >= 4 is 39.1 Å². The van der Waals surface area contributed by atoms with Crippen LogP contribution >= 0.6 is 11.6 Å². The maximum absolute atomic E-state index is 13.4. The number of carbonyl (C=O) groups is 2. The normalized spacial score (nSPS) is 13.2. The molecule has 1 N–H and O–H groups in total. The second-order valence-electron chi connectivity index (χ2n) is 7.89. The number of carbonyl (C=O) groups excluding carboxylic acids is 2. The van der Waals surface area contributed by atoms with Crippen molar-refractivity contribution in [1.82, 2.24) is 10.2 Å². The van der Waals surface area contributed by atoms with Crippen LogP contribution in [0, 0.1) is 5.82 Å². The van der Waals surface area contributed by atoms with Crippen LogP contribution in [-0.2, 0) is 26.2 Å². The molecule has 10 heteroatoms. The molecule has 0 radical (unpaired) electrons. The minimum Gasteiger partial charge on any atom is -0.352 e. The predicted molar refractivity (Wildman–Crippen MR) is 128 cm³/mol. The summed E-state index contributed by atoms with van der Waals surface area (Å²) >= 11 is 6.07. The van der Waals surface area contributed by atoms with E-state index in [4.69, 9.17) is 11.6 Å². The van der Waals surface area contributed by atoms with Gasteiger partial charge in [-0.15, -0.1) is 0 Å². The third-order valence-electron chi connectivity index (χ3n) is 5.20. The van der Waals surface area contributed by atoms with Crippen LogP contribution < -0.4 is 9.62 Å². The van der Waals surface area contributed by atoms with Gasteiger partial charge in [0.1, 0.15) is 18.4 Å². The van der Waals surface area contributed by atoms with Crippen LogP contribution in [0.4, 0.5) is 10.1 Å². The monoisotopic (exact) mass is 497 g/mol. The first-order valence-electron chi connectivity index (χ1n) is 10.5.